The van der Waals surface area contributed by atoms with Crippen molar-refractivity contribution in [3.63, 3.8) is 0 Å². The Morgan fingerprint density at radius 1 is 1.25 bits per heavy atom. The lowest BCUT2D eigenvalue weighted by atomic mass is 9.84. The van der Waals surface area contributed by atoms with Gasteiger partial charge in [-0.05, 0) is 50.9 Å². The molecule has 1 N–H and O–H groups in total. The van der Waals surface area contributed by atoms with Gasteiger partial charge in [-0.15, -0.1) is 0 Å². The Morgan fingerprint density at radius 3 is 2.71 bits per heavy atom. The summed E-state index contributed by atoms with van der Waals surface area (Å²) in [5.74, 6) is 1.62. The van der Waals surface area contributed by atoms with Gasteiger partial charge in [0, 0.05) is 11.6 Å². The highest BCUT2D eigenvalue weighted by Crippen LogP contribution is 2.49. The monoisotopic (exact) mass is 382 g/mol. The first-order chi connectivity index (χ1) is 13.5. The number of nitrogens with one attached hydrogen (secondary N) is 1. The Balaban J connectivity index is 1.34. The number of aryl methyl sites for hydroxylation is 1. The number of carbonyl (C=O) groups is 2. The summed E-state index contributed by atoms with van der Waals surface area (Å²) in [6.45, 7) is 3.42. The van der Waals surface area contributed by atoms with E-state index in [2.05, 4.69) is 17.4 Å². The highest BCUT2D eigenvalue weighted by atomic mass is 16.5. The number of rotatable bonds is 6. The minimum atomic E-state index is -0.597. The fraction of sp³-hybridized carbons (Fsp3) is 0.500. The summed E-state index contributed by atoms with van der Waals surface area (Å²) >= 11 is 0. The van der Waals surface area contributed by atoms with Crippen molar-refractivity contribution in [1.29, 1.82) is 0 Å². The van der Waals surface area contributed by atoms with Crippen LogP contribution < -0.4 is 5.32 Å². The average molecular weight is 382 g/mol. The molecular weight excluding hydrogens is 356 g/mol. The van der Waals surface area contributed by atoms with Crippen LogP contribution in [0.2, 0.25) is 0 Å². The van der Waals surface area contributed by atoms with E-state index >= 15 is 0 Å². The molecule has 2 bridgehead atoms. The van der Waals surface area contributed by atoms with E-state index in [4.69, 9.17) is 9.26 Å². The summed E-state index contributed by atoms with van der Waals surface area (Å²) in [4.78, 5) is 24.9. The van der Waals surface area contributed by atoms with Crippen LogP contribution in [0.15, 0.2) is 34.9 Å². The van der Waals surface area contributed by atoms with E-state index in [1.807, 2.05) is 30.3 Å². The van der Waals surface area contributed by atoms with Crippen LogP contribution >= 0.6 is 0 Å². The lowest BCUT2D eigenvalue weighted by molar-refractivity contribution is -0.125. The molecule has 6 heteroatoms. The number of benzene rings is 1. The van der Waals surface area contributed by atoms with Gasteiger partial charge in [0.2, 0.25) is 0 Å². The predicted molar refractivity (Wildman–Crippen MR) is 104 cm³/mol. The van der Waals surface area contributed by atoms with Crippen LogP contribution in [-0.4, -0.2) is 29.7 Å². The predicted octanol–water partition coefficient (Wildman–Crippen LogP) is 3.75. The van der Waals surface area contributed by atoms with E-state index in [-0.39, 0.29) is 24.1 Å². The van der Waals surface area contributed by atoms with Crippen LogP contribution in [0.3, 0.4) is 0 Å². The second kappa shape index (κ2) is 7.78. The maximum atomic E-state index is 12.6. The lowest BCUT2D eigenvalue weighted by Gasteiger charge is -2.28. The lowest BCUT2D eigenvalue weighted by Crippen LogP contribution is -2.42. The molecule has 2 aliphatic rings. The summed E-state index contributed by atoms with van der Waals surface area (Å²) in [6.07, 6.45) is 5.11. The van der Waals surface area contributed by atoms with Crippen LogP contribution in [0.5, 0.6) is 0 Å². The van der Waals surface area contributed by atoms with Crippen LogP contribution in [0.1, 0.15) is 48.7 Å². The van der Waals surface area contributed by atoms with Crippen molar-refractivity contribution in [2.24, 2.45) is 17.8 Å². The van der Waals surface area contributed by atoms with Crippen molar-refractivity contribution in [1.82, 2.24) is 10.5 Å². The average Bonchev–Trinajstić information content (AvgIpc) is 3.42. The fourth-order valence-electron chi connectivity index (χ4n) is 4.92. The van der Waals surface area contributed by atoms with Gasteiger partial charge in [0.15, 0.2) is 6.61 Å². The SMILES string of the molecule is Cc1onc(-c2ccccc2)c1C(=O)OCC(=O)N[C@@H](C)[C@@H]1C[C@H]2CC[C@H]1C2. The highest BCUT2D eigenvalue weighted by Gasteiger charge is 2.42. The van der Waals surface area contributed by atoms with Gasteiger partial charge in [0.25, 0.3) is 5.91 Å². The van der Waals surface area contributed by atoms with E-state index < -0.39 is 5.97 Å². The number of hydrogen-bond donors (Lipinski definition) is 1. The van der Waals surface area contributed by atoms with E-state index in [1.165, 1.54) is 25.7 Å². The van der Waals surface area contributed by atoms with Gasteiger partial charge in [-0.25, -0.2) is 4.79 Å². The van der Waals surface area contributed by atoms with E-state index in [0.717, 1.165) is 17.4 Å². The molecule has 4 atom stereocenters. The minimum Gasteiger partial charge on any atom is -0.452 e. The normalized spacial score (nSPS) is 24.1. The summed E-state index contributed by atoms with van der Waals surface area (Å²) in [5.41, 5.74) is 1.46. The molecule has 6 nitrogen and oxygen atoms in total. The van der Waals surface area contributed by atoms with Gasteiger partial charge < -0.3 is 14.6 Å². The Morgan fingerprint density at radius 2 is 2.04 bits per heavy atom. The number of carbonyl (C=O) groups excluding carboxylic acids is 2. The molecule has 0 radical (unpaired) electrons. The van der Waals surface area contributed by atoms with Crippen molar-refractivity contribution in [2.75, 3.05) is 6.61 Å². The largest absolute Gasteiger partial charge is 0.452 e. The first-order valence-corrected chi connectivity index (χ1v) is 10.0. The Labute approximate surface area is 164 Å². The molecule has 1 amide bonds. The molecule has 1 aromatic carbocycles. The molecule has 2 fully saturated rings. The zero-order valence-corrected chi connectivity index (χ0v) is 16.3. The minimum absolute atomic E-state index is 0.110. The van der Waals surface area contributed by atoms with Gasteiger partial charge in [0.1, 0.15) is 17.0 Å². The van der Waals surface area contributed by atoms with E-state index in [0.29, 0.717) is 17.4 Å². The number of aromatic nitrogens is 1. The number of ether oxygens (including phenoxy) is 1. The molecule has 0 unspecified atom stereocenters. The summed E-state index contributed by atoms with van der Waals surface area (Å²) < 4.78 is 10.5. The van der Waals surface area contributed by atoms with Crippen LogP contribution in [-0.2, 0) is 9.53 Å². The number of fused-ring (bicyclic) bond motifs is 2. The van der Waals surface area contributed by atoms with Crippen LogP contribution in [0.4, 0.5) is 0 Å². The third kappa shape index (κ3) is 3.68. The third-order valence-corrected chi connectivity index (χ3v) is 6.27. The van der Waals surface area contributed by atoms with E-state index in [9.17, 15) is 9.59 Å². The van der Waals surface area contributed by atoms with E-state index in [1.54, 1.807) is 6.92 Å². The molecule has 28 heavy (non-hydrogen) atoms. The first-order valence-electron chi connectivity index (χ1n) is 10.0. The molecule has 0 saturated heterocycles. The Hall–Kier alpha value is -2.63. The quantitative estimate of drug-likeness (QED) is 0.770. The van der Waals surface area contributed by atoms with Gasteiger partial charge in [-0.2, -0.15) is 0 Å². The number of amides is 1. The summed E-state index contributed by atoms with van der Waals surface area (Å²) in [7, 11) is 0. The zero-order chi connectivity index (χ0) is 19.7. The topological polar surface area (TPSA) is 81.4 Å². The molecule has 2 saturated carbocycles. The number of esters is 1. The van der Waals surface area contributed by atoms with Crippen molar-refractivity contribution in [3.8, 4) is 11.3 Å². The van der Waals surface area contributed by atoms with Crippen molar-refractivity contribution < 1.29 is 18.8 Å². The Bertz CT molecular complexity index is 861. The van der Waals surface area contributed by atoms with Crippen molar-refractivity contribution >= 4 is 11.9 Å². The number of nitrogens with zero attached hydrogens (tertiary/aromatic N) is 1. The molecule has 4 rings (SSSR count). The first kappa shape index (κ1) is 18.7. The molecule has 148 valence electrons. The van der Waals surface area contributed by atoms with Crippen molar-refractivity contribution in [3.05, 3.63) is 41.7 Å². The zero-order valence-electron chi connectivity index (χ0n) is 16.3. The highest BCUT2D eigenvalue weighted by molar-refractivity contribution is 5.98. The van der Waals surface area contributed by atoms with Gasteiger partial charge in [-0.3, -0.25) is 4.79 Å². The maximum Gasteiger partial charge on any atom is 0.344 e. The smallest absolute Gasteiger partial charge is 0.344 e. The van der Waals surface area contributed by atoms with Gasteiger partial charge in [-0.1, -0.05) is 41.9 Å². The van der Waals surface area contributed by atoms with Gasteiger partial charge in [0.05, 0.1) is 0 Å². The van der Waals surface area contributed by atoms with Crippen molar-refractivity contribution in [2.45, 2.75) is 45.6 Å². The summed E-state index contributed by atoms with van der Waals surface area (Å²) in [5, 5.41) is 6.99. The maximum absolute atomic E-state index is 12.6. The molecule has 2 aromatic rings. The molecule has 1 heterocycles. The summed E-state index contributed by atoms with van der Waals surface area (Å²) in [6, 6.07) is 9.41. The molecule has 2 aliphatic carbocycles. The molecule has 1 aromatic heterocycles. The van der Waals surface area contributed by atoms with Crippen LogP contribution in [0, 0.1) is 24.7 Å². The second-order valence-electron chi connectivity index (χ2n) is 8.10. The standard InChI is InChI=1S/C22H26N2O4/c1-13(18-11-15-8-9-17(18)10-15)23-19(25)12-27-22(26)20-14(2)28-24-21(20)16-6-4-3-5-7-16/h3-7,13,15,17-18H,8-12H2,1-2H3,(H,23,25)/t13-,15-,17-,18-/m0/s1. The molecule has 0 spiro atoms. The second-order valence-corrected chi connectivity index (χ2v) is 8.10. The van der Waals surface area contributed by atoms with Gasteiger partial charge >= 0.3 is 5.97 Å². The van der Waals surface area contributed by atoms with Crippen LogP contribution in [0.25, 0.3) is 11.3 Å². The third-order valence-electron chi connectivity index (χ3n) is 6.27. The molecule has 0 aliphatic heterocycles. The Kier molecular flexibility index (Phi) is 5.20. The number of hydrogen-bond acceptors (Lipinski definition) is 5. The fourth-order valence-corrected chi connectivity index (χ4v) is 4.92. The molecular formula is C22H26N2O4.